The normalized spacial score (nSPS) is 10.9. The first kappa shape index (κ1) is 14.7. The van der Waals surface area contributed by atoms with Gasteiger partial charge in [-0.2, -0.15) is 0 Å². The van der Waals surface area contributed by atoms with Gasteiger partial charge in [-0.25, -0.2) is 0 Å². The minimum Gasteiger partial charge on any atom is -0.337 e. The molecular formula is C12H19BrN2OS. The van der Waals surface area contributed by atoms with Gasteiger partial charge in [0.25, 0.3) is 0 Å². The average Bonchev–Trinajstić information content (AvgIpc) is 2.68. The SMILES string of the molecule is CCN(Cc1ccc(Br)s1)C(=O)CNC(C)C. The van der Waals surface area contributed by atoms with Crippen molar-refractivity contribution >= 4 is 33.2 Å². The summed E-state index contributed by atoms with van der Waals surface area (Å²) in [4.78, 5) is 15.0. The molecule has 0 atom stereocenters. The maximum absolute atomic E-state index is 11.9. The minimum atomic E-state index is 0.158. The lowest BCUT2D eigenvalue weighted by atomic mass is 10.3. The summed E-state index contributed by atoms with van der Waals surface area (Å²) in [6.07, 6.45) is 0. The van der Waals surface area contributed by atoms with E-state index in [4.69, 9.17) is 0 Å². The Morgan fingerprint density at radius 3 is 2.71 bits per heavy atom. The van der Waals surface area contributed by atoms with E-state index in [1.807, 2.05) is 31.7 Å². The van der Waals surface area contributed by atoms with Crippen molar-refractivity contribution in [2.75, 3.05) is 13.1 Å². The molecule has 3 nitrogen and oxygen atoms in total. The number of nitrogens with zero attached hydrogens (tertiary/aromatic N) is 1. The van der Waals surface area contributed by atoms with E-state index >= 15 is 0 Å². The maximum atomic E-state index is 11.9. The molecule has 1 rings (SSSR count). The lowest BCUT2D eigenvalue weighted by molar-refractivity contribution is -0.130. The maximum Gasteiger partial charge on any atom is 0.236 e. The largest absolute Gasteiger partial charge is 0.337 e. The zero-order chi connectivity index (χ0) is 12.8. The minimum absolute atomic E-state index is 0.158. The molecule has 1 heterocycles. The Hall–Kier alpha value is -0.390. The molecule has 0 fully saturated rings. The highest BCUT2D eigenvalue weighted by Gasteiger charge is 2.13. The fourth-order valence-corrected chi connectivity index (χ4v) is 2.90. The summed E-state index contributed by atoms with van der Waals surface area (Å²) in [6.45, 7) is 7.95. The Morgan fingerprint density at radius 1 is 1.53 bits per heavy atom. The molecular weight excluding hydrogens is 300 g/mol. The van der Waals surface area contributed by atoms with E-state index in [-0.39, 0.29) is 5.91 Å². The van der Waals surface area contributed by atoms with Crippen molar-refractivity contribution in [2.24, 2.45) is 0 Å². The van der Waals surface area contributed by atoms with Gasteiger partial charge in [-0.05, 0) is 35.0 Å². The molecule has 96 valence electrons. The van der Waals surface area contributed by atoms with Gasteiger partial charge in [0.1, 0.15) is 0 Å². The first-order valence-corrected chi connectivity index (χ1v) is 7.39. The third kappa shape index (κ3) is 5.19. The van der Waals surface area contributed by atoms with Crippen LogP contribution in [0, 0.1) is 0 Å². The highest BCUT2D eigenvalue weighted by molar-refractivity contribution is 9.11. The van der Waals surface area contributed by atoms with Crippen LogP contribution in [0.4, 0.5) is 0 Å². The van der Waals surface area contributed by atoms with Gasteiger partial charge in [-0.3, -0.25) is 4.79 Å². The summed E-state index contributed by atoms with van der Waals surface area (Å²) < 4.78 is 1.11. The number of rotatable bonds is 6. The van der Waals surface area contributed by atoms with Gasteiger partial charge in [0, 0.05) is 17.5 Å². The van der Waals surface area contributed by atoms with Gasteiger partial charge in [0.05, 0.1) is 16.9 Å². The zero-order valence-electron chi connectivity index (χ0n) is 10.5. The van der Waals surface area contributed by atoms with Crippen LogP contribution in [0.3, 0.4) is 0 Å². The Balaban J connectivity index is 2.50. The smallest absolute Gasteiger partial charge is 0.236 e. The molecule has 0 aliphatic carbocycles. The molecule has 17 heavy (non-hydrogen) atoms. The lowest BCUT2D eigenvalue weighted by Crippen LogP contribution is -2.39. The standard InChI is InChI=1S/C12H19BrN2OS/c1-4-15(12(16)7-14-9(2)3)8-10-5-6-11(13)17-10/h5-6,9,14H,4,7-8H2,1-3H3. The monoisotopic (exact) mass is 318 g/mol. The van der Waals surface area contributed by atoms with Crippen LogP contribution in [0.25, 0.3) is 0 Å². The molecule has 0 aliphatic rings. The molecule has 0 aliphatic heterocycles. The third-order valence-electron chi connectivity index (χ3n) is 2.37. The number of halogens is 1. The van der Waals surface area contributed by atoms with E-state index < -0.39 is 0 Å². The molecule has 0 spiro atoms. The number of likely N-dealkylation sites (N-methyl/N-ethyl adjacent to an activating group) is 1. The summed E-state index contributed by atoms with van der Waals surface area (Å²) in [5.74, 6) is 0.158. The molecule has 0 aromatic carbocycles. The fourth-order valence-electron chi connectivity index (χ4n) is 1.40. The van der Waals surface area contributed by atoms with E-state index in [2.05, 4.69) is 27.3 Å². The number of amides is 1. The molecule has 0 radical (unpaired) electrons. The van der Waals surface area contributed by atoms with Crippen molar-refractivity contribution in [1.29, 1.82) is 0 Å². The quantitative estimate of drug-likeness (QED) is 0.874. The van der Waals surface area contributed by atoms with Gasteiger partial charge in [-0.15, -0.1) is 11.3 Å². The molecule has 1 aromatic rings. The second-order valence-corrected chi connectivity index (χ2v) is 6.70. The first-order chi connectivity index (χ1) is 8.02. The lowest BCUT2D eigenvalue weighted by Gasteiger charge is -2.21. The van der Waals surface area contributed by atoms with Crippen molar-refractivity contribution in [2.45, 2.75) is 33.4 Å². The van der Waals surface area contributed by atoms with Gasteiger partial charge in [0.2, 0.25) is 5.91 Å². The van der Waals surface area contributed by atoms with Gasteiger partial charge >= 0.3 is 0 Å². The first-order valence-electron chi connectivity index (χ1n) is 5.78. The summed E-state index contributed by atoms with van der Waals surface area (Å²) in [5.41, 5.74) is 0. The van der Waals surface area contributed by atoms with Crippen molar-refractivity contribution < 1.29 is 4.79 Å². The predicted molar refractivity (Wildman–Crippen MR) is 76.2 cm³/mol. The van der Waals surface area contributed by atoms with Crippen LogP contribution in [0.5, 0.6) is 0 Å². The van der Waals surface area contributed by atoms with E-state index in [1.165, 1.54) is 4.88 Å². The predicted octanol–water partition coefficient (Wildman–Crippen LogP) is 2.86. The molecule has 0 saturated heterocycles. The van der Waals surface area contributed by atoms with Crippen LogP contribution in [-0.2, 0) is 11.3 Å². The summed E-state index contributed by atoms with van der Waals surface area (Å²) in [7, 11) is 0. The summed E-state index contributed by atoms with van der Waals surface area (Å²) in [6, 6.07) is 4.42. The Kier molecular flexibility index (Phi) is 6.16. The fraction of sp³-hybridized carbons (Fsp3) is 0.583. The van der Waals surface area contributed by atoms with Crippen LogP contribution >= 0.6 is 27.3 Å². The van der Waals surface area contributed by atoms with Crippen molar-refractivity contribution in [3.8, 4) is 0 Å². The second-order valence-electron chi connectivity index (χ2n) is 4.15. The van der Waals surface area contributed by atoms with Crippen molar-refractivity contribution in [3.05, 3.63) is 20.8 Å². The van der Waals surface area contributed by atoms with E-state index in [0.717, 1.165) is 10.3 Å². The van der Waals surface area contributed by atoms with E-state index in [9.17, 15) is 4.79 Å². The number of carbonyl (C=O) groups is 1. The molecule has 0 saturated carbocycles. The molecule has 1 aromatic heterocycles. The van der Waals surface area contributed by atoms with Crippen LogP contribution < -0.4 is 5.32 Å². The highest BCUT2D eigenvalue weighted by atomic mass is 79.9. The summed E-state index contributed by atoms with van der Waals surface area (Å²) >= 11 is 5.11. The number of hydrogen-bond donors (Lipinski definition) is 1. The molecule has 1 N–H and O–H groups in total. The average molecular weight is 319 g/mol. The van der Waals surface area contributed by atoms with Gasteiger partial charge in [-0.1, -0.05) is 13.8 Å². The van der Waals surface area contributed by atoms with E-state index in [0.29, 0.717) is 19.1 Å². The number of thiophene rings is 1. The highest BCUT2D eigenvalue weighted by Crippen LogP contribution is 2.23. The van der Waals surface area contributed by atoms with Crippen LogP contribution in [0.1, 0.15) is 25.6 Å². The number of carbonyl (C=O) groups excluding carboxylic acids is 1. The topological polar surface area (TPSA) is 32.3 Å². The van der Waals surface area contributed by atoms with Crippen LogP contribution in [-0.4, -0.2) is 29.9 Å². The van der Waals surface area contributed by atoms with Crippen molar-refractivity contribution in [1.82, 2.24) is 10.2 Å². The Labute approximate surface area is 115 Å². The molecule has 5 heteroatoms. The molecule has 1 amide bonds. The van der Waals surface area contributed by atoms with Crippen molar-refractivity contribution in [3.63, 3.8) is 0 Å². The van der Waals surface area contributed by atoms with E-state index in [1.54, 1.807) is 11.3 Å². The molecule has 0 bridgehead atoms. The number of hydrogen-bond acceptors (Lipinski definition) is 3. The third-order valence-corrected chi connectivity index (χ3v) is 3.98. The van der Waals surface area contributed by atoms with Crippen LogP contribution in [0.15, 0.2) is 15.9 Å². The zero-order valence-corrected chi connectivity index (χ0v) is 12.9. The Bertz CT molecular complexity index is 365. The molecule has 0 unspecified atom stereocenters. The summed E-state index contributed by atoms with van der Waals surface area (Å²) in [5, 5.41) is 3.15. The van der Waals surface area contributed by atoms with Crippen LogP contribution in [0.2, 0.25) is 0 Å². The van der Waals surface area contributed by atoms with Gasteiger partial charge < -0.3 is 10.2 Å². The Morgan fingerprint density at radius 2 is 2.24 bits per heavy atom. The second kappa shape index (κ2) is 7.13. The number of nitrogens with one attached hydrogen (secondary N) is 1. The van der Waals surface area contributed by atoms with Gasteiger partial charge in [0.15, 0.2) is 0 Å².